The number of nitrogen functional groups attached to an aromatic ring is 1. The normalized spacial score (nSPS) is 10.3. The van der Waals surface area contributed by atoms with Gasteiger partial charge in [0.25, 0.3) is 5.91 Å². The number of nitrogens with two attached hydrogens (primary N) is 1. The van der Waals surface area contributed by atoms with E-state index < -0.39 is 0 Å². The largest absolute Gasteiger partial charge is 0.397 e. The number of carbonyl (C=O) groups is 2. The number of aliphatic hydroxyl groups is 1. The monoisotopic (exact) mass is 411 g/mol. The number of aldehydes is 1. The van der Waals surface area contributed by atoms with Crippen molar-refractivity contribution >= 4 is 23.6 Å². The Labute approximate surface area is 176 Å². The molecule has 1 aromatic carbocycles. The molecule has 0 unspecified atom stereocenters. The first-order valence-electron chi connectivity index (χ1n) is 9.60. The van der Waals surface area contributed by atoms with Crippen LogP contribution in [0.4, 0.5) is 11.4 Å². The van der Waals surface area contributed by atoms with Crippen molar-refractivity contribution in [2.75, 3.05) is 31.2 Å². The molecule has 30 heavy (non-hydrogen) atoms. The van der Waals surface area contributed by atoms with Crippen LogP contribution in [0.5, 0.6) is 0 Å². The number of aliphatic hydroxyl groups excluding tert-OH is 1. The molecule has 0 fully saturated rings. The van der Waals surface area contributed by atoms with Crippen molar-refractivity contribution in [3.63, 3.8) is 0 Å². The molecular weight excluding hydrogens is 382 g/mol. The predicted molar refractivity (Wildman–Crippen MR) is 120 cm³/mol. The van der Waals surface area contributed by atoms with Gasteiger partial charge >= 0.3 is 0 Å². The molecular formula is C22H29N5O3. The minimum Gasteiger partial charge on any atom is -0.397 e. The Morgan fingerprint density at radius 2 is 1.80 bits per heavy atom. The number of carbonyl (C=O) groups excluding carboxylic acids is 2. The zero-order valence-electron chi connectivity index (χ0n) is 17.6. The molecule has 1 amide bonds. The van der Waals surface area contributed by atoms with Gasteiger partial charge in [-0.05, 0) is 49.8 Å². The van der Waals surface area contributed by atoms with E-state index in [1.807, 2.05) is 50.6 Å². The van der Waals surface area contributed by atoms with Gasteiger partial charge in [0.15, 0.2) is 6.29 Å². The van der Waals surface area contributed by atoms with E-state index in [0.29, 0.717) is 29.4 Å². The summed E-state index contributed by atoms with van der Waals surface area (Å²) in [7, 11) is 5.47. The zero-order chi connectivity index (χ0) is 22.1. The van der Waals surface area contributed by atoms with E-state index in [4.69, 9.17) is 10.8 Å². The van der Waals surface area contributed by atoms with E-state index in [9.17, 15) is 9.59 Å². The van der Waals surface area contributed by atoms with Crippen LogP contribution in [0.15, 0.2) is 48.8 Å². The minimum absolute atomic E-state index is 0.218. The van der Waals surface area contributed by atoms with Crippen molar-refractivity contribution in [3.8, 4) is 11.1 Å². The highest BCUT2D eigenvalue weighted by atomic mass is 16.3. The van der Waals surface area contributed by atoms with Gasteiger partial charge < -0.3 is 30.6 Å². The Kier molecular flexibility index (Phi) is 8.40. The van der Waals surface area contributed by atoms with Gasteiger partial charge in [-0.2, -0.15) is 0 Å². The highest BCUT2D eigenvalue weighted by Crippen LogP contribution is 2.23. The molecule has 0 radical (unpaired) electrons. The predicted octanol–water partition coefficient (Wildman–Crippen LogP) is 2.27. The highest BCUT2D eigenvalue weighted by molar-refractivity contribution is 6.03. The van der Waals surface area contributed by atoms with Crippen LogP contribution in [0.1, 0.15) is 27.4 Å². The van der Waals surface area contributed by atoms with Gasteiger partial charge in [0.05, 0.1) is 11.4 Å². The van der Waals surface area contributed by atoms with Crippen LogP contribution < -0.4 is 16.4 Å². The number of hydrogen-bond acceptors (Lipinski definition) is 5. The van der Waals surface area contributed by atoms with Gasteiger partial charge in [0.2, 0.25) is 0 Å². The van der Waals surface area contributed by atoms with Crippen molar-refractivity contribution < 1.29 is 14.7 Å². The molecule has 0 aliphatic rings. The first-order chi connectivity index (χ1) is 14.4. The first kappa shape index (κ1) is 22.9. The lowest BCUT2D eigenvalue weighted by Crippen LogP contribution is -2.15. The van der Waals surface area contributed by atoms with Gasteiger partial charge in [-0.1, -0.05) is 12.1 Å². The van der Waals surface area contributed by atoms with E-state index >= 15 is 0 Å². The third-order valence-corrected chi connectivity index (χ3v) is 4.48. The molecule has 0 spiro atoms. The second kappa shape index (κ2) is 11.0. The molecule has 3 aromatic rings. The van der Waals surface area contributed by atoms with Crippen LogP contribution in [-0.4, -0.2) is 46.6 Å². The second-order valence-corrected chi connectivity index (χ2v) is 6.86. The Balaban J connectivity index is 0.000000469. The average molecular weight is 412 g/mol. The summed E-state index contributed by atoms with van der Waals surface area (Å²) in [4.78, 5) is 23.2. The van der Waals surface area contributed by atoms with Crippen LogP contribution in [0, 0.1) is 0 Å². The van der Waals surface area contributed by atoms with E-state index in [2.05, 4.69) is 10.6 Å². The van der Waals surface area contributed by atoms with E-state index in [0.717, 1.165) is 30.4 Å². The van der Waals surface area contributed by atoms with E-state index in [-0.39, 0.29) is 5.91 Å². The number of nitrogens with one attached hydrogen (secondary N) is 2. The maximum Gasteiger partial charge on any atom is 0.272 e. The lowest BCUT2D eigenvalue weighted by molar-refractivity contribution is 0.101. The summed E-state index contributed by atoms with van der Waals surface area (Å²) in [6, 6.07) is 10.9. The minimum atomic E-state index is -0.218. The quantitative estimate of drug-likeness (QED) is 0.352. The molecule has 3 rings (SSSR count). The highest BCUT2D eigenvalue weighted by Gasteiger charge is 2.11. The molecule has 2 heterocycles. The van der Waals surface area contributed by atoms with E-state index in [1.165, 1.54) is 0 Å². The number of hydrogen-bond donors (Lipinski definition) is 4. The molecule has 0 saturated carbocycles. The molecule has 0 aliphatic carbocycles. The fraction of sp³-hybridized carbons (Fsp3) is 0.273. The maximum atomic E-state index is 12.3. The van der Waals surface area contributed by atoms with Crippen LogP contribution in [0.25, 0.3) is 11.1 Å². The van der Waals surface area contributed by atoms with Gasteiger partial charge in [0, 0.05) is 44.3 Å². The van der Waals surface area contributed by atoms with Gasteiger partial charge in [-0.3, -0.25) is 9.59 Å². The SMILES string of the molecule is CNCCCO.Cn1cc(-c2ccc(NC(=O)c3cc(N)cn3C)cc2)cc1C=O. The van der Waals surface area contributed by atoms with Crippen LogP contribution in [-0.2, 0) is 14.1 Å². The smallest absolute Gasteiger partial charge is 0.272 e. The molecule has 8 heteroatoms. The van der Waals surface area contributed by atoms with Crippen molar-refractivity contribution in [2.24, 2.45) is 14.1 Å². The summed E-state index contributed by atoms with van der Waals surface area (Å²) in [5.41, 5.74) is 9.97. The lowest BCUT2D eigenvalue weighted by Gasteiger charge is -2.07. The number of rotatable bonds is 7. The molecule has 0 saturated heterocycles. The molecule has 8 nitrogen and oxygen atoms in total. The summed E-state index contributed by atoms with van der Waals surface area (Å²) in [6.07, 6.45) is 5.27. The summed E-state index contributed by atoms with van der Waals surface area (Å²) >= 11 is 0. The Morgan fingerprint density at radius 1 is 1.10 bits per heavy atom. The Bertz CT molecular complexity index is 969. The molecule has 160 valence electrons. The second-order valence-electron chi connectivity index (χ2n) is 6.86. The van der Waals surface area contributed by atoms with Crippen LogP contribution >= 0.6 is 0 Å². The number of benzene rings is 1. The number of aromatic nitrogens is 2. The van der Waals surface area contributed by atoms with Crippen molar-refractivity contribution in [1.29, 1.82) is 0 Å². The molecule has 0 aliphatic heterocycles. The van der Waals surface area contributed by atoms with Gasteiger partial charge in [0.1, 0.15) is 5.69 Å². The average Bonchev–Trinajstić information content (AvgIpc) is 3.28. The molecule has 0 bridgehead atoms. The standard InChI is InChI=1S/C18H18N4O2.C4H11NO/c1-21-9-13(7-16(21)11-23)12-3-5-15(6-4-12)20-18(24)17-8-14(19)10-22(17)2;1-5-3-2-4-6/h3-11H,19H2,1-2H3,(H,20,24);5-6H,2-4H2,1H3. The van der Waals surface area contributed by atoms with Crippen LogP contribution in [0.3, 0.4) is 0 Å². The number of anilines is 2. The van der Waals surface area contributed by atoms with Crippen molar-refractivity contribution in [1.82, 2.24) is 14.5 Å². The molecule has 2 aromatic heterocycles. The molecule has 0 atom stereocenters. The summed E-state index contributed by atoms with van der Waals surface area (Å²) in [5.74, 6) is -0.218. The fourth-order valence-electron chi connectivity index (χ4n) is 2.87. The van der Waals surface area contributed by atoms with Crippen molar-refractivity contribution in [2.45, 2.75) is 6.42 Å². The summed E-state index contributed by atoms with van der Waals surface area (Å²) in [5, 5.41) is 13.9. The summed E-state index contributed by atoms with van der Waals surface area (Å²) < 4.78 is 3.46. The zero-order valence-corrected chi connectivity index (χ0v) is 17.6. The first-order valence-corrected chi connectivity index (χ1v) is 9.60. The lowest BCUT2D eigenvalue weighted by atomic mass is 10.1. The maximum absolute atomic E-state index is 12.3. The Morgan fingerprint density at radius 3 is 2.27 bits per heavy atom. The van der Waals surface area contributed by atoms with Crippen molar-refractivity contribution in [3.05, 3.63) is 60.2 Å². The number of amides is 1. The fourth-order valence-corrected chi connectivity index (χ4v) is 2.87. The third kappa shape index (κ3) is 6.07. The van der Waals surface area contributed by atoms with E-state index in [1.54, 1.807) is 28.4 Å². The third-order valence-electron chi connectivity index (χ3n) is 4.48. The number of nitrogens with zero attached hydrogens (tertiary/aromatic N) is 2. The van der Waals surface area contributed by atoms with Crippen LogP contribution in [0.2, 0.25) is 0 Å². The number of aryl methyl sites for hydroxylation is 2. The summed E-state index contributed by atoms with van der Waals surface area (Å²) in [6.45, 7) is 1.21. The topological polar surface area (TPSA) is 114 Å². The Hall–Kier alpha value is -3.36. The van der Waals surface area contributed by atoms with Gasteiger partial charge in [-0.15, -0.1) is 0 Å². The molecule has 5 N–H and O–H groups in total. The van der Waals surface area contributed by atoms with Gasteiger partial charge in [-0.25, -0.2) is 0 Å².